The zero-order chi connectivity index (χ0) is 26.3. The van der Waals surface area contributed by atoms with Crippen LogP contribution < -0.4 is 4.90 Å². The second-order valence-corrected chi connectivity index (χ2v) is 9.98. The van der Waals surface area contributed by atoms with E-state index in [1.165, 1.54) is 13.0 Å². The molecule has 0 bridgehead atoms. The maximum Gasteiger partial charge on any atom is 0.490 e. The highest BCUT2D eigenvalue weighted by molar-refractivity contribution is 7.22. The van der Waals surface area contributed by atoms with Crippen LogP contribution in [0.5, 0.6) is 5.75 Å². The molecular formula is C23H22F3N7O3S. The summed E-state index contributed by atoms with van der Waals surface area (Å²) in [4.78, 5) is 18.4. The second-order valence-electron chi connectivity index (χ2n) is 8.97. The normalized spacial score (nSPS) is 19.6. The molecule has 0 amide bonds. The summed E-state index contributed by atoms with van der Waals surface area (Å²) in [5.74, 6) is -1.81. The number of alkyl halides is 3. The summed E-state index contributed by atoms with van der Waals surface area (Å²) in [5.41, 5.74) is 3.79. The van der Waals surface area contributed by atoms with Crippen molar-refractivity contribution in [1.29, 1.82) is 0 Å². The number of aliphatic carboxylic acids is 1. The number of carboxylic acids is 1. The number of hydrogen-bond acceptors (Lipinski definition) is 9. The first-order chi connectivity index (χ1) is 17.6. The number of aromatic hydroxyl groups is 1. The number of phenols is 1. The summed E-state index contributed by atoms with van der Waals surface area (Å²) < 4.78 is 32.7. The van der Waals surface area contributed by atoms with E-state index in [4.69, 9.17) is 14.9 Å². The third-order valence-electron chi connectivity index (χ3n) is 6.49. The number of carboxylic acid groups (broad SMARTS) is 1. The summed E-state index contributed by atoms with van der Waals surface area (Å²) in [6.07, 6.45) is -0.298. The van der Waals surface area contributed by atoms with Crippen molar-refractivity contribution >= 4 is 32.8 Å². The monoisotopic (exact) mass is 533 g/mol. The van der Waals surface area contributed by atoms with Gasteiger partial charge in [0.2, 0.25) is 0 Å². The molecule has 2 aliphatic heterocycles. The molecule has 2 saturated heterocycles. The Kier molecular flexibility index (Phi) is 6.45. The number of likely N-dealkylation sites (N-methyl/N-ethyl adjacent to an activating group) is 1. The minimum atomic E-state index is -5.08. The standard InChI is InChI=1S/C21H21N7OS.C2HF3O2/c1-27-5-4-13-10-28(17(13)11-27)21-24-20-19(30-21)7-16(25-26-20)15-3-2-12(6-18(15)29)14-8-22-23-9-14;3-2(4,5)1(6)7/h2-3,6-9,13,17,29H,4-5,10-11H2,1H3,(H,22,23);(H,6,7)/t13-,17-;/m1./s1. The molecule has 194 valence electrons. The molecule has 6 rings (SSSR count). The van der Waals surface area contributed by atoms with Crippen molar-refractivity contribution < 1.29 is 28.2 Å². The van der Waals surface area contributed by atoms with Gasteiger partial charge in [0.25, 0.3) is 0 Å². The van der Waals surface area contributed by atoms with Crippen LogP contribution in [0.3, 0.4) is 0 Å². The second kappa shape index (κ2) is 9.59. The van der Waals surface area contributed by atoms with Gasteiger partial charge in [0.15, 0.2) is 10.8 Å². The van der Waals surface area contributed by atoms with Gasteiger partial charge >= 0.3 is 12.1 Å². The van der Waals surface area contributed by atoms with Crippen molar-refractivity contribution in [1.82, 2.24) is 30.3 Å². The number of phenolic OH excluding ortho intramolecular Hbond substituents is 1. The Morgan fingerprint density at radius 3 is 2.65 bits per heavy atom. The smallest absolute Gasteiger partial charge is 0.490 e. The minimum absolute atomic E-state index is 0.169. The van der Waals surface area contributed by atoms with Crippen molar-refractivity contribution in [2.45, 2.75) is 18.6 Å². The third-order valence-corrected chi connectivity index (χ3v) is 7.52. The Balaban J connectivity index is 0.000000355. The van der Waals surface area contributed by atoms with E-state index in [9.17, 15) is 18.3 Å². The van der Waals surface area contributed by atoms with Crippen molar-refractivity contribution in [3.63, 3.8) is 0 Å². The average Bonchev–Trinajstić information content (AvgIpc) is 3.50. The number of likely N-dealkylation sites (tertiary alicyclic amines) is 1. The topological polar surface area (TPSA) is 131 Å². The molecule has 0 unspecified atom stereocenters. The zero-order valence-corrected chi connectivity index (χ0v) is 20.3. The lowest BCUT2D eigenvalue weighted by atomic mass is 9.83. The predicted octanol–water partition coefficient (Wildman–Crippen LogP) is 3.62. The molecule has 1 aromatic carbocycles. The van der Waals surface area contributed by atoms with Crippen LogP contribution in [-0.2, 0) is 4.79 Å². The number of aromatic nitrogens is 5. The summed E-state index contributed by atoms with van der Waals surface area (Å²) in [6.45, 7) is 3.36. The lowest BCUT2D eigenvalue weighted by Crippen LogP contribution is -2.63. The maximum absolute atomic E-state index is 10.6. The number of rotatable bonds is 3. The SMILES string of the molecule is CN1CC[C@@H]2CN(c3nc4nnc(-c5ccc(-c6cn[nH]c6)cc5O)cc4s3)[C@@H]2C1.O=C(O)C(F)(F)F. The summed E-state index contributed by atoms with van der Waals surface area (Å²) in [6, 6.07) is 8.07. The number of halogens is 3. The van der Waals surface area contributed by atoms with Crippen LogP contribution in [0.4, 0.5) is 18.3 Å². The fourth-order valence-electron chi connectivity index (χ4n) is 4.50. The van der Waals surface area contributed by atoms with Crippen molar-refractivity contribution in [3.05, 3.63) is 36.7 Å². The Morgan fingerprint density at radius 2 is 1.97 bits per heavy atom. The van der Waals surface area contributed by atoms with Crippen molar-refractivity contribution in [2.24, 2.45) is 5.92 Å². The number of hydrogen-bond donors (Lipinski definition) is 3. The highest BCUT2D eigenvalue weighted by Crippen LogP contribution is 2.40. The van der Waals surface area contributed by atoms with E-state index < -0.39 is 12.1 Å². The lowest BCUT2D eigenvalue weighted by molar-refractivity contribution is -0.192. The first-order valence-corrected chi connectivity index (χ1v) is 12.1. The van der Waals surface area contributed by atoms with Crippen LogP contribution in [-0.4, -0.2) is 85.4 Å². The number of aromatic amines is 1. The number of carbonyl (C=O) groups is 1. The van der Waals surface area contributed by atoms with Crippen LogP contribution in [0, 0.1) is 5.92 Å². The van der Waals surface area contributed by atoms with Gasteiger partial charge in [0.1, 0.15) is 5.75 Å². The van der Waals surface area contributed by atoms with Crippen molar-refractivity contribution in [2.75, 3.05) is 31.6 Å². The lowest BCUT2D eigenvalue weighted by Gasteiger charge is -2.52. The minimum Gasteiger partial charge on any atom is -0.507 e. The molecule has 10 nitrogen and oxygen atoms in total. The fourth-order valence-corrected chi connectivity index (χ4v) is 5.50. The first-order valence-electron chi connectivity index (χ1n) is 11.3. The first kappa shape index (κ1) is 24.9. The van der Waals surface area contributed by atoms with Crippen molar-refractivity contribution in [3.8, 4) is 28.1 Å². The molecule has 14 heteroatoms. The molecule has 37 heavy (non-hydrogen) atoms. The van der Waals surface area contributed by atoms with E-state index in [2.05, 4.69) is 37.2 Å². The van der Waals surface area contributed by atoms with Crippen LogP contribution in [0.2, 0.25) is 0 Å². The molecule has 3 aromatic heterocycles. The summed E-state index contributed by atoms with van der Waals surface area (Å²) >= 11 is 1.65. The average molecular weight is 534 g/mol. The maximum atomic E-state index is 10.6. The molecule has 2 aliphatic rings. The van der Waals surface area contributed by atoms with Gasteiger partial charge in [-0.15, -0.1) is 10.2 Å². The van der Waals surface area contributed by atoms with Gasteiger partial charge in [-0.3, -0.25) is 5.10 Å². The molecule has 0 aliphatic carbocycles. The highest BCUT2D eigenvalue weighted by atomic mass is 32.1. The van der Waals surface area contributed by atoms with Gasteiger partial charge in [-0.25, -0.2) is 4.79 Å². The Labute approximate surface area is 212 Å². The number of anilines is 1. The van der Waals surface area contributed by atoms with E-state index in [1.807, 2.05) is 18.2 Å². The predicted molar refractivity (Wildman–Crippen MR) is 130 cm³/mol. The van der Waals surface area contributed by atoms with Crippen LogP contribution in [0.1, 0.15) is 6.42 Å². The molecule has 3 N–H and O–H groups in total. The summed E-state index contributed by atoms with van der Waals surface area (Å²) in [5, 5.41) is 34.1. The van der Waals surface area contributed by atoms with Gasteiger partial charge in [-0.05, 0) is 49.7 Å². The molecule has 0 radical (unpaired) electrons. The quantitative estimate of drug-likeness (QED) is 0.361. The molecule has 2 atom stereocenters. The van der Waals surface area contributed by atoms with E-state index in [-0.39, 0.29) is 5.75 Å². The Morgan fingerprint density at radius 1 is 1.19 bits per heavy atom. The Bertz CT molecular complexity index is 1430. The fraction of sp³-hybridized carbons (Fsp3) is 0.348. The molecule has 5 heterocycles. The van der Waals surface area contributed by atoms with Gasteiger partial charge < -0.3 is 20.0 Å². The number of piperidine rings is 1. The molecular weight excluding hydrogens is 511 g/mol. The third kappa shape index (κ3) is 5.06. The zero-order valence-electron chi connectivity index (χ0n) is 19.5. The van der Waals surface area contributed by atoms with Gasteiger partial charge in [0.05, 0.1) is 16.6 Å². The van der Waals surface area contributed by atoms with Gasteiger partial charge in [-0.1, -0.05) is 17.4 Å². The van der Waals surface area contributed by atoms with E-state index in [1.54, 1.807) is 29.8 Å². The van der Waals surface area contributed by atoms with Crippen LogP contribution in [0.25, 0.3) is 32.7 Å². The van der Waals surface area contributed by atoms with Crippen LogP contribution in [0.15, 0.2) is 36.7 Å². The molecule has 2 fully saturated rings. The highest BCUT2D eigenvalue weighted by Gasteiger charge is 2.43. The van der Waals surface area contributed by atoms with E-state index >= 15 is 0 Å². The van der Waals surface area contributed by atoms with Gasteiger partial charge in [0, 0.05) is 36.5 Å². The van der Waals surface area contributed by atoms with E-state index in [0.717, 1.165) is 40.0 Å². The number of nitrogens with one attached hydrogen (secondary N) is 1. The number of fused-ring (bicyclic) bond motifs is 2. The molecule has 0 saturated carbocycles. The summed E-state index contributed by atoms with van der Waals surface area (Å²) in [7, 11) is 2.19. The Hall–Kier alpha value is -3.78. The van der Waals surface area contributed by atoms with Crippen LogP contribution >= 0.6 is 11.3 Å². The molecule has 4 aromatic rings. The number of thiazole rings is 1. The molecule has 0 spiro atoms. The van der Waals surface area contributed by atoms with Gasteiger partial charge in [-0.2, -0.15) is 23.3 Å². The number of H-pyrrole nitrogens is 1. The largest absolute Gasteiger partial charge is 0.507 e. The number of nitrogens with zero attached hydrogens (tertiary/aromatic N) is 6. The van der Waals surface area contributed by atoms with E-state index in [0.29, 0.717) is 22.9 Å². The number of benzene rings is 1.